The van der Waals surface area contributed by atoms with Crippen LogP contribution in [0.3, 0.4) is 0 Å². The number of amides is 1. The summed E-state index contributed by atoms with van der Waals surface area (Å²) in [6, 6.07) is 3.28. The average molecular weight is 583 g/mol. The summed E-state index contributed by atoms with van der Waals surface area (Å²) < 4.78 is 10.6. The first-order chi connectivity index (χ1) is 17.9. The molecule has 4 heterocycles. The summed E-state index contributed by atoms with van der Waals surface area (Å²) in [5.74, 6) is 0.610. The largest absolute Gasteiger partial charge is 0.477 e. The smallest absolute Gasteiger partial charge is 0.278 e. The monoisotopic (exact) mass is 581 g/mol. The molecule has 0 aliphatic carbocycles. The van der Waals surface area contributed by atoms with E-state index in [4.69, 9.17) is 54.1 Å². The number of oxime groups is 1. The fourth-order valence-electron chi connectivity index (χ4n) is 4.30. The molecule has 9 nitrogen and oxygen atoms in total. The molecular weight excluding hydrogens is 561 g/mol. The van der Waals surface area contributed by atoms with Crippen LogP contribution >= 0.6 is 46.1 Å². The molecule has 0 radical (unpaired) electrons. The van der Waals surface area contributed by atoms with Crippen molar-refractivity contribution in [3.63, 3.8) is 0 Å². The summed E-state index contributed by atoms with van der Waals surface area (Å²) in [5.41, 5.74) is 2.20. The molecular formula is C24H22Cl3N5O4S. The number of benzene rings is 1. The molecule has 1 atom stereocenters. The van der Waals surface area contributed by atoms with E-state index in [0.29, 0.717) is 40.1 Å². The lowest BCUT2D eigenvalue weighted by atomic mass is 9.97. The summed E-state index contributed by atoms with van der Waals surface area (Å²) in [4.78, 5) is 33.0. The van der Waals surface area contributed by atoms with Crippen LogP contribution in [-0.4, -0.2) is 58.3 Å². The zero-order valence-corrected chi connectivity index (χ0v) is 22.8. The Morgan fingerprint density at radius 3 is 2.54 bits per heavy atom. The molecule has 37 heavy (non-hydrogen) atoms. The van der Waals surface area contributed by atoms with Gasteiger partial charge in [-0.25, -0.2) is 15.0 Å². The van der Waals surface area contributed by atoms with Crippen molar-refractivity contribution in [2.75, 3.05) is 26.8 Å². The number of hydrogen-bond acceptors (Lipinski definition) is 9. The van der Waals surface area contributed by atoms with Crippen molar-refractivity contribution >= 4 is 57.8 Å². The van der Waals surface area contributed by atoms with Crippen LogP contribution in [0.5, 0.6) is 11.8 Å². The standard InChI is InChI=1S/C24H22Cl3N5O4S/c1-34-22-23(29-5-4-28-22)35-11-20(33)32-6-2-13(3-7-32)24-30-18(12-37-24)17-10-19(36-31-17)21-15(26)8-14(25)9-16(21)27/h4-5,8-9,12-13,19H,2-3,6-7,10-11H2,1H3. The number of piperidine rings is 1. The second-order valence-corrected chi connectivity index (χ2v) is 10.6. The highest BCUT2D eigenvalue weighted by Crippen LogP contribution is 2.40. The average Bonchev–Trinajstić information content (AvgIpc) is 3.57. The van der Waals surface area contributed by atoms with Gasteiger partial charge in [0.25, 0.3) is 17.7 Å². The highest BCUT2D eigenvalue weighted by Gasteiger charge is 2.31. The normalized spacial score (nSPS) is 17.9. The lowest BCUT2D eigenvalue weighted by molar-refractivity contribution is -0.134. The number of ether oxygens (including phenoxy) is 2. The molecule has 3 aromatic rings. The topological polar surface area (TPSA) is 99.0 Å². The molecule has 2 aromatic heterocycles. The summed E-state index contributed by atoms with van der Waals surface area (Å²) in [5, 5.41) is 8.62. The van der Waals surface area contributed by atoms with Gasteiger partial charge in [-0.1, -0.05) is 40.0 Å². The molecule has 5 rings (SSSR count). The van der Waals surface area contributed by atoms with E-state index in [9.17, 15) is 4.79 Å². The van der Waals surface area contributed by atoms with Gasteiger partial charge in [0.2, 0.25) is 0 Å². The molecule has 0 bridgehead atoms. The number of aromatic nitrogens is 3. The summed E-state index contributed by atoms with van der Waals surface area (Å²) in [7, 11) is 1.48. The van der Waals surface area contributed by atoms with Gasteiger partial charge in [0.15, 0.2) is 12.7 Å². The molecule has 0 spiro atoms. The number of hydrogen-bond donors (Lipinski definition) is 0. The first-order valence-corrected chi connectivity index (χ1v) is 13.5. The number of likely N-dealkylation sites (tertiary alicyclic amines) is 1. The molecule has 13 heteroatoms. The second-order valence-electron chi connectivity index (χ2n) is 8.50. The lowest BCUT2D eigenvalue weighted by Gasteiger charge is -2.31. The molecule has 0 N–H and O–H groups in total. The molecule has 1 unspecified atom stereocenters. The van der Waals surface area contributed by atoms with Crippen molar-refractivity contribution in [2.45, 2.75) is 31.3 Å². The van der Waals surface area contributed by atoms with Crippen LogP contribution < -0.4 is 9.47 Å². The van der Waals surface area contributed by atoms with Gasteiger partial charge >= 0.3 is 0 Å². The van der Waals surface area contributed by atoms with Crippen molar-refractivity contribution in [3.8, 4) is 11.8 Å². The summed E-state index contributed by atoms with van der Waals surface area (Å²) >= 11 is 20.3. The third kappa shape index (κ3) is 5.77. The van der Waals surface area contributed by atoms with Crippen molar-refractivity contribution in [1.82, 2.24) is 19.9 Å². The number of rotatable bonds is 7. The molecule has 2 aliphatic rings. The molecule has 194 valence electrons. The quantitative estimate of drug-likeness (QED) is 0.360. The third-order valence-corrected chi connectivity index (χ3v) is 8.06. The van der Waals surface area contributed by atoms with E-state index in [-0.39, 0.29) is 30.2 Å². The lowest BCUT2D eigenvalue weighted by Crippen LogP contribution is -2.40. The Labute approximate surface area is 232 Å². The Bertz CT molecular complexity index is 1310. The van der Waals surface area contributed by atoms with Gasteiger partial charge < -0.3 is 19.2 Å². The van der Waals surface area contributed by atoms with Gasteiger partial charge in [-0.05, 0) is 25.0 Å². The first-order valence-electron chi connectivity index (χ1n) is 11.5. The maximum atomic E-state index is 12.6. The van der Waals surface area contributed by atoms with E-state index in [1.54, 1.807) is 28.4 Å². The van der Waals surface area contributed by atoms with Crippen molar-refractivity contribution in [1.29, 1.82) is 0 Å². The maximum Gasteiger partial charge on any atom is 0.278 e. The van der Waals surface area contributed by atoms with E-state index in [1.807, 2.05) is 5.38 Å². The number of carbonyl (C=O) groups is 1. The highest BCUT2D eigenvalue weighted by molar-refractivity contribution is 7.10. The van der Waals surface area contributed by atoms with Gasteiger partial charge in [0, 0.05) is 53.8 Å². The fourth-order valence-corrected chi connectivity index (χ4v) is 6.36. The number of methoxy groups -OCH3 is 1. The van der Waals surface area contributed by atoms with Gasteiger partial charge in [0.1, 0.15) is 5.71 Å². The van der Waals surface area contributed by atoms with Gasteiger partial charge in [-0.3, -0.25) is 4.79 Å². The molecule has 0 saturated carbocycles. The van der Waals surface area contributed by atoms with Crippen LogP contribution in [0.4, 0.5) is 0 Å². The SMILES string of the molecule is COc1nccnc1OCC(=O)N1CCC(c2nc(C3=NOC(c4c(Cl)cc(Cl)cc4Cl)C3)cs2)CC1. The Morgan fingerprint density at radius 2 is 1.84 bits per heavy atom. The maximum absolute atomic E-state index is 12.6. The van der Waals surface area contributed by atoms with Crippen LogP contribution in [0.15, 0.2) is 35.1 Å². The molecule has 1 amide bonds. The molecule has 1 aromatic carbocycles. The van der Waals surface area contributed by atoms with E-state index >= 15 is 0 Å². The van der Waals surface area contributed by atoms with Crippen molar-refractivity contribution < 1.29 is 19.1 Å². The first kappa shape index (κ1) is 26.0. The Morgan fingerprint density at radius 1 is 1.14 bits per heavy atom. The second kappa shape index (κ2) is 11.4. The molecule has 2 aliphatic heterocycles. The highest BCUT2D eigenvalue weighted by atomic mass is 35.5. The third-order valence-electron chi connectivity index (χ3n) is 6.21. The van der Waals surface area contributed by atoms with Crippen LogP contribution in [0, 0.1) is 0 Å². The van der Waals surface area contributed by atoms with E-state index in [0.717, 1.165) is 29.3 Å². The minimum atomic E-state index is -0.393. The van der Waals surface area contributed by atoms with E-state index in [2.05, 4.69) is 15.1 Å². The minimum absolute atomic E-state index is 0.103. The Balaban J connectivity index is 1.14. The van der Waals surface area contributed by atoms with Gasteiger partial charge in [-0.15, -0.1) is 11.3 Å². The fraction of sp³-hybridized carbons (Fsp3) is 0.375. The van der Waals surface area contributed by atoms with Crippen LogP contribution in [0.25, 0.3) is 0 Å². The minimum Gasteiger partial charge on any atom is -0.477 e. The summed E-state index contributed by atoms with van der Waals surface area (Å²) in [6.07, 6.45) is 4.73. The molecule has 1 saturated heterocycles. The van der Waals surface area contributed by atoms with Gasteiger partial charge in [-0.2, -0.15) is 0 Å². The molecule has 1 fully saturated rings. The number of thiazole rings is 1. The number of carbonyl (C=O) groups excluding carboxylic acids is 1. The van der Waals surface area contributed by atoms with Crippen molar-refractivity contribution in [2.24, 2.45) is 5.16 Å². The van der Waals surface area contributed by atoms with Crippen LogP contribution in [0.1, 0.15) is 47.5 Å². The van der Waals surface area contributed by atoms with Gasteiger partial charge in [0.05, 0.1) is 27.9 Å². The number of nitrogens with zero attached hydrogens (tertiary/aromatic N) is 5. The predicted molar refractivity (Wildman–Crippen MR) is 141 cm³/mol. The Kier molecular flexibility index (Phi) is 7.99. The summed E-state index contributed by atoms with van der Waals surface area (Å²) in [6.45, 7) is 1.13. The van der Waals surface area contributed by atoms with E-state index < -0.39 is 6.10 Å². The number of halogens is 3. The van der Waals surface area contributed by atoms with Crippen molar-refractivity contribution in [3.05, 3.63) is 61.2 Å². The van der Waals surface area contributed by atoms with Crippen LogP contribution in [0.2, 0.25) is 15.1 Å². The predicted octanol–water partition coefficient (Wildman–Crippen LogP) is 5.55. The van der Waals surface area contributed by atoms with E-state index in [1.165, 1.54) is 19.5 Å². The van der Waals surface area contributed by atoms with Crippen LogP contribution in [-0.2, 0) is 9.63 Å². The Hall–Kier alpha value is -2.66. The zero-order chi connectivity index (χ0) is 25.9. The zero-order valence-electron chi connectivity index (χ0n) is 19.7.